The van der Waals surface area contributed by atoms with Crippen molar-refractivity contribution in [3.8, 4) is 10.7 Å². The molecule has 4 nitrogen and oxygen atoms in total. The maximum atomic E-state index is 12.4. The third-order valence-corrected chi connectivity index (χ3v) is 4.39. The Morgan fingerprint density at radius 3 is 2.76 bits per heavy atom. The number of pyridine rings is 1. The van der Waals surface area contributed by atoms with Gasteiger partial charge in [0.25, 0.3) is 5.91 Å². The van der Waals surface area contributed by atoms with E-state index in [1.165, 1.54) is 11.3 Å². The lowest BCUT2D eigenvalue weighted by Crippen LogP contribution is -2.43. The second-order valence-corrected chi connectivity index (χ2v) is 6.74. The Labute approximate surface area is 129 Å². The summed E-state index contributed by atoms with van der Waals surface area (Å²) in [5, 5.41) is 3.87. The number of nitrogens with zero attached hydrogens (tertiary/aromatic N) is 2. The molecule has 112 valence electrons. The molecule has 1 amide bonds. The maximum absolute atomic E-state index is 12.4. The second-order valence-electron chi connectivity index (χ2n) is 5.74. The third-order valence-electron chi connectivity index (χ3n) is 3.21. The Morgan fingerprint density at radius 1 is 1.38 bits per heavy atom. The molecule has 0 aliphatic rings. The van der Waals surface area contributed by atoms with Crippen LogP contribution in [0.3, 0.4) is 0 Å². The highest BCUT2D eigenvalue weighted by Gasteiger charge is 2.23. The van der Waals surface area contributed by atoms with Crippen LogP contribution >= 0.6 is 11.3 Å². The largest absolute Gasteiger partial charge is 0.346 e. The highest BCUT2D eigenvalue weighted by Crippen LogP contribution is 2.27. The molecule has 0 aromatic carbocycles. The molecule has 2 aromatic heterocycles. The van der Waals surface area contributed by atoms with Crippen LogP contribution < -0.4 is 5.32 Å². The van der Waals surface area contributed by atoms with Gasteiger partial charge in [0.15, 0.2) is 0 Å². The SMILES string of the molecule is CCCC(C)(C)NC(=O)c1sc(-c2ccccn2)nc1C. The van der Waals surface area contributed by atoms with Crippen LogP contribution in [0.1, 0.15) is 49.0 Å². The van der Waals surface area contributed by atoms with E-state index in [-0.39, 0.29) is 11.4 Å². The van der Waals surface area contributed by atoms with Gasteiger partial charge in [-0.15, -0.1) is 11.3 Å². The molecule has 0 radical (unpaired) electrons. The Balaban J connectivity index is 2.21. The summed E-state index contributed by atoms with van der Waals surface area (Å²) in [6, 6.07) is 5.69. The van der Waals surface area contributed by atoms with E-state index >= 15 is 0 Å². The highest BCUT2D eigenvalue weighted by molar-refractivity contribution is 7.17. The first-order valence-corrected chi connectivity index (χ1v) is 7.96. The van der Waals surface area contributed by atoms with Gasteiger partial charge in [-0.2, -0.15) is 0 Å². The minimum Gasteiger partial charge on any atom is -0.346 e. The van der Waals surface area contributed by atoms with Gasteiger partial charge in [-0.05, 0) is 39.3 Å². The van der Waals surface area contributed by atoms with Crippen LogP contribution in [-0.4, -0.2) is 21.4 Å². The maximum Gasteiger partial charge on any atom is 0.263 e. The van der Waals surface area contributed by atoms with E-state index in [0.717, 1.165) is 29.2 Å². The van der Waals surface area contributed by atoms with E-state index in [4.69, 9.17) is 0 Å². The lowest BCUT2D eigenvalue weighted by atomic mass is 9.99. The van der Waals surface area contributed by atoms with E-state index in [1.54, 1.807) is 6.20 Å². The first-order chi connectivity index (χ1) is 9.93. The van der Waals surface area contributed by atoms with E-state index in [1.807, 2.05) is 39.0 Å². The van der Waals surface area contributed by atoms with Crippen LogP contribution in [0.25, 0.3) is 10.7 Å². The molecule has 0 saturated carbocycles. The van der Waals surface area contributed by atoms with E-state index < -0.39 is 0 Å². The first kappa shape index (κ1) is 15.6. The topological polar surface area (TPSA) is 54.9 Å². The summed E-state index contributed by atoms with van der Waals surface area (Å²) in [6.45, 7) is 8.07. The summed E-state index contributed by atoms with van der Waals surface area (Å²) in [6.07, 6.45) is 3.72. The molecular formula is C16H21N3OS. The number of rotatable bonds is 5. The van der Waals surface area contributed by atoms with Gasteiger partial charge in [0.2, 0.25) is 0 Å². The molecule has 21 heavy (non-hydrogen) atoms. The van der Waals surface area contributed by atoms with Crippen molar-refractivity contribution in [2.45, 2.75) is 46.1 Å². The van der Waals surface area contributed by atoms with Gasteiger partial charge < -0.3 is 5.32 Å². The number of aryl methyl sites for hydroxylation is 1. The van der Waals surface area contributed by atoms with Crippen molar-refractivity contribution in [1.29, 1.82) is 0 Å². The minimum absolute atomic E-state index is 0.0503. The summed E-state index contributed by atoms with van der Waals surface area (Å²) in [5.74, 6) is -0.0503. The quantitative estimate of drug-likeness (QED) is 0.913. The molecule has 0 aliphatic carbocycles. The van der Waals surface area contributed by atoms with Crippen LogP contribution in [-0.2, 0) is 0 Å². The molecule has 0 bridgehead atoms. The molecule has 0 aliphatic heterocycles. The van der Waals surface area contributed by atoms with Crippen LogP contribution in [0.2, 0.25) is 0 Å². The molecule has 0 spiro atoms. The van der Waals surface area contributed by atoms with Crippen LogP contribution in [0.4, 0.5) is 0 Å². The number of carbonyl (C=O) groups excluding carboxylic acids is 1. The summed E-state index contributed by atoms with van der Waals surface area (Å²) < 4.78 is 0. The van der Waals surface area contributed by atoms with E-state index in [2.05, 4.69) is 22.2 Å². The molecule has 0 atom stereocenters. The summed E-state index contributed by atoms with van der Waals surface area (Å²) in [4.78, 5) is 21.9. The zero-order valence-corrected chi connectivity index (χ0v) is 13.8. The molecule has 1 N–H and O–H groups in total. The normalized spacial score (nSPS) is 11.4. The Hall–Kier alpha value is -1.75. The smallest absolute Gasteiger partial charge is 0.263 e. The van der Waals surface area contributed by atoms with Crippen molar-refractivity contribution >= 4 is 17.2 Å². The Bertz CT molecular complexity index is 620. The van der Waals surface area contributed by atoms with Gasteiger partial charge >= 0.3 is 0 Å². The van der Waals surface area contributed by atoms with Crippen LogP contribution in [0, 0.1) is 6.92 Å². The summed E-state index contributed by atoms with van der Waals surface area (Å²) >= 11 is 1.39. The highest BCUT2D eigenvalue weighted by atomic mass is 32.1. The van der Waals surface area contributed by atoms with E-state index in [9.17, 15) is 4.79 Å². The Morgan fingerprint density at radius 2 is 2.14 bits per heavy atom. The number of thiazole rings is 1. The number of amides is 1. The minimum atomic E-state index is -0.201. The molecule has 0 unspecified atom stereocenters. The molecule has 5 heteroatoms. The van der Waals surface area contributed by atoms with Crippen molar-refractivity contribution in [2.75, 3.05) is 0 Å². The molecular weight excluding hydrogens is 282 g/mol. The number of nitrogens with one attached hydrogen (secondary N) is 1. The number of hydrogen-bond acceptors (Lipinski definition) is 4. The summed E-state index contributed by atoms with van der Waals surface area (Å²) in [5.41, 5.74) is 1.36. The van der Waals surface area contributed by atoms with Gasteiger partial charge in [-0.3, -0.25) is 9.78 Å². The fourth-order valence-electron chi connectivity index (χ4n) is 2.26. The fraction of sp³-hybridized carbons (Fsp3) is 0.438. The van der Waals surface area contributed by atoms with E-state index in [0.29, 0.717) is 4.88 Å². The number of carbonyl (C=O) groups is 1. The zero-order chi connectivity index (χ0) is 15.5. The van der Waals surface area contributed by atoms with Gasteiger partial charge in [0.05, 0.1) is 11.4 Å². The molecule has 2 heterocycles. The van der Waals surface area contributed by atoms with Crippen LogP contribution in [0.5, 0.6) is 0 Å². The van der Waals surface area contributed by atoms with Gasteiger partial charge in [0.1, 0.15) is 9.88 Å². The average Bonchev–Trinajstić information content (AvgIpc) is 2.81. The standard InChI is InChI=1S/C16H21N3OS/c1-5-9-16(3,4)19-14(20)13-11(2)18-15(21-13)12-8-6-7-10-17-12/h6-8,10H,5,9H2,1-4H3,(H,19,20). The predicted octanol–water partition coefficient (Wildman–Crippen LogP) is 3.82. The summed E-state index contributed by atoms with van der Waals surface area (Å²) in [7, 11) is 0. The lowest BCUT2D eigenvalue weighted by Gasteiger charge is -2.25. The molecule has 2 aromatic rings. The second kappa shape index (κ2) is 6.35. The van der Waals surface area contributed by atoms with Crippen molar-refractivity contribution in [3.63, 3.8) is 0 Å². The van der Waals surface area contributed by atoms with Gasteiger partial charge in [0, 0.05) is 11.7 Å². The van der Waals surface area contributed by atoms with Crippen molar-refractivity contribution in [1.82, 2.24) is 15.3 Å². The first-order valence-electron chi connectivity index (χ1n) is 7.14. The monoisotopic (exact) mass is 303 g/mol. The zero-order valence-electron chi connectivity index (χ0n) is 12.9. The number of aromatic nitrogens is 2. The predicted molar refractivity (Wildman–Crippen MR) is 86.5 cm³/mol. The molecule has 2 rings (SSSR count). The molecule has 0 fully saturated rings. The van der Waals surface area contributed by atoms with Crippen LogP contribution in [0.15, 0.2) is 24.4 Å². The van der Waals surface area contributed by atoms with Crippen molar-refractivity contribution < 1.29 is 4.79 Å². The van der Waals surface area contributed by atoms with Gasteiger partial charge in [-0.1, -0.05) is 19.4 Å². The van der Waals surface area contributed by atoms with Gasteiger partial charge in [-0.25, -0.2) is 4.98 Å². The molecule has 0 saturated heterocycles. The lowest BCUT2D eigenvalue weighted by molar-refractivity contribution is 0.0912. The fourth-order valence-corrected chi connectivity index (χ4v) is 3.20. The average molecular weight is 303 g/mol. The van der Waals surface area contributed by atoms with Crippen molar-refractivity contribution in [3.05, 3.63) is 35.0 Å². The van der Waals surface area contributed by atoms with Crippen molar-refractivity contribution in [2.24, 2.45) is 0 Å². The number of hydrogen-bond donors (Lipinski definition) is 1. The third kappa shape index (κ3) is 3.88. The Kier molecular flexibility index (Phi) is 4.73.